The number of ketones is 2. The first-order valence-electron chi connectivity index (χ1n) is 8.72. The van der Waals surface area contributed by atoms with Gasteiger partial charge in [-0.3, -0.25) is 29.6 Å². The maximum Gasteiger partial charge on any atom is 0.143 e. The second-order valence-corrected chi connectivity index (χ2v) is 7.16. The fraction of sp³-hybridized carbons (Fsp3) is 0.684. The molecule has 7 heteroatoms. The molecular formula is C19H30N4NiO2. The molecule has 0 radical (unpaired) electrons. The average molecular weight is 405 g/mol. The van der Waals surface area contributed by atoms with Crippen molar-refractivity contribution in [2.75, 3.05) is 19.6 Å². The molecule has 2 unspecified atom stereocenters. The summed E-state index contributed by atoms with van der Waals surface area (Å²) >= 11 is 0. The van der Waals surface area contributed by atoms with Crippen LogP contribution in [0.2, 0.25) is 0 Å². The number of carbonyl (C=O) groups is 2. The van der Waals surface area contributed by atoms with E-state index in [2.05, 4.69) is 20.0 Å². The van der Waals surface area contributed by atoms with E-state index in [0.29, 0.717) is 19.6 Å². The van der Waals surface area contributed by atoms with Crippen molar-refractivity contribution in [1.82, 2.24) is 0 Å². The van der Waals surface area contributed by atoms with Gasteiger partial charge in [0.2, 0.25) is 0 Å². The summed E-state index contributed by atoms with van der Waals surface area (Å²) < 4.78 is 0. The van der Waals surface area contributed by atoms with Crippen molar-refractivity contribution in [3.8, 4) is 0 Å². The zero-order valence-electron chi connectivity index (χ0n) is 16.6. The van der Waals surface area contributed by atoms with Crippen LogP contribution < -0.4 is 0 Å². The Morgan fingerprint density at radius 2 is 1.42 bits per heavy atom. The summed E-state index contributed by atoms with van der Waals surface area (Å²) in [5, 5.41) is 0. The van der Waals surface area contributed by atoms with Crippen LogP contribution in [0, 0.1) is 11.8 Å². The molecule has 0 aliphatic carbocycles. The summed E-state index contributed by atoms with van der Waals surface area (Å²) in [4.78, 5) is 41.7. The molecule has 0 aromatic rings. The van der Waals surface area contributed by atoms with Gasteiger partial charge in [-0.2, -0.15) is 0 Å². The fourth-order valence-electron chi connectivity index (χ4n) is 2.49. The molecule has 1 heterocycles. The van der Waals surface area contributed by atoms with Gasteiger partial charge < -0.3 is 0 Å². The van der Waals surface area contributed by atoms with Gasteiger partial charge in [0.15, 0.2) is 0 Å². The molecule has 148 valence electrons. The number of hydrogen-bond acceptors (Lipinski definition) is 6. The van der Waals surface area contributed by atoms with Crippen LogP contribution in [0.3, 0.4) is 0 Å². The van der Waals surface area contributed by atoms with Crippen LogP contribution in [-0.2, 0) is 26.1 Å². The Kier molecular flexibility index (Phi) is 10.6. The molecule has 0 fully saturated rings. The summed E-state index contributed by atoms with van der Waals surface area (Å²) in [5.74, 6) is -0.732. The first kappa shape index (κ1) is 24.5. The van der Waals surface area contributed by atoms with Gasteiger partial charge in [0.25, 0.3) is 0 Å². The maximum atomic E-state index is 11.9. The Labute approximate surface area is 166 Å². The summed E-state index contributed by atoms with van der Waals surface area (Å²) in [7, 11) is 0. The Hall–Kier alpha value is -1.49. The Morgan fingerprint density at radius 3 is 1.88 bits per heavy atom. The third-order valence-corrected chi connectivity index (χ3v) is 4.12. The monoisotopic (exact) mass is 404 g/mol. The third-order valence-electron chi connectivity index (χ3n) is 4.12. The molecule has 0 N–H and O–H groups in total. The second-order valence-electron chi connectivity index (χ2n) is 7.16. The van der Waals surface area contributed by atoms with Crippen LogP contribution in [0.1, 0.15) is 48.0 Å². The molecule has 1 aliphatic rings. The van der Waals surface area contributed by atoms with E-state index in [1.54, 1.807) is 26.3 Å². The van der Waals surface area contributed by atoms with Crippen molar-refractivity contribution in [2.45, 2.75) is 53.5 Å². The van der Waals surface area contributed by atoms with Gasteiger partial charge in [0, 0.05) is 53.4 Å². The predicted molar refractivity (Wildman–Crippen MR) is 105 cm³/mol. The maximum absolute atomic E-state index is 11.9. The minimum Gasteiger partial charge on any atom is -0.299 e. The van der Waals surface area contributed by atoms with Crippen molar-refractivity contribution < 1.29 is 26.1 Å². The van der Waals surface area contributed by atoms with Gasteiger partial charge >= 0.3 is 0 Å². The molecule has 0 saturated carbocycles. The molecule has 2 atom stereocenters. The standard InChI is InChI=1S/C19H30N4O2.Ni/c1-13-17(15(3)24)10-20-12-19(5,6)23-11-18(16(4)25)14(2)22-9-7-8-21-13;/h10-11,17-18H,7-9,12H2,1-6H3;. The summed E-state index contributed by atoms with van der Waals surface area (Å²) in [6.45, 7) is 12.4. The van der Waals surface area contributed by atoms with E-state index in [1.165, 1.54) is 0 Å². The van der Waals surface area contributed by atoms with Crippen molar-refractivity contribution in [1.29, 1.82) is 0 Å². The van der Waals surface area contributed by atoms with Gasteiger partial charge in [0.05, 0.1) is 23.9 Å². The molecule has 0 aromatic carbocycles. The van der Waals surface area contributed by atoms with Crippen LogP contribution in [0.25, 0.3) is 0 Å². The molecule has 0 aromatic heterocycles. The first-order chi connectivity index (χ1) is 11.6. The van der Waals surface area contributed by atoms with E-state index in [1.807, 2.05) is 27.7 Å². The largest absolute Gasteiger partial charge is 0.299 e. The van der Waals surface area contributed by atoms with Gasteiger partial charge in [-0.15, -0.1) is 0 Å². The zero-order chi connectivity index (χ0) is 19.0. The van der Waals surface area contributed by atoms with E-state index in [-0.39, 0.29) is 34.0 Å². The Balaban J connectivity index is 0.00000625. The van der Waals surface area contributed by atoms with E-state index < -0.39 is 11.5 Å². The fourth-order valence-corrected chi connectivity index (χ4v) is 2.49. The van der Waals surface area contributed by atoms with Gasteiger partial charge in [0.1, 0.15) is 11.6 Å². The summed E-state index contributed by atoms with van der Waals surface area (Å²) in [5.41, 5.74) is 1.08. The quantitative estimate of drug-likeness (QED) is 0.662. The molecule has 6 nitrogen and oxygen atoms in total. The van der Waals surface area contributed by atoms with Gasteiger partial charge in [-0.1, -0.05) is 0 Å². The topological polar surface area (TPSA) is 83.6 Å². The van der Waals surface area contributed by atoms with E-state index >= 15 is 0 Å². The predicted octanol–water partition coefficient (Wildman–Crippen LogP) is 2.64. The van der Waals surface area contributed by atoms with Crippen LogP contribution in [0.4, 0.5) is 0 Å². The molecular weight excluding hydrogens is 375 g/mol. The van der Waals surface area contributed by atoms with Crippen LogP contribution in [0.5, 0.6) is 0 Å². The molecule has 0 saturated heterocycles. The van der Waals surface area contributed by atoms with Crippen molar-refractivity contribution in [2.24, 2.45) is 31.8 Å². The second kappa shape index (κ2) is 11.3. The minimum atomic E-state index is -0.461. The number of carbonyl (C=O) groups excluding carboxylic acids is 2. The van der Waals surface area contributed by atoms with Gasteiger partial charge in [-0.05, 0) is 48.0 Å². The zero-order valence-corrected chi connectivity index (χ0v) is 17.5. The first-order valence-corrected chi connectivity index (χ1v) is 8.72. The smallest absolute Gasteiger partial charge is 0.143 e. The SMILES string of the molecule is CC(=O)C1C=NCC(C)(C)N=CC(C(C)=O)C(C)=NCCCN=C1C.[Ni]. The minimum absolute atomic E-state index is 0. The molecule has 1 rings (SSSR count). The van der Waals surface area contributed by atoms with Crippen LogP contribution >= 0.6 is 0 Å². The van der Waals surface area contributed by atoms with Crippen molar-refractivity contribution >= 4 is 35.4 Å². The third kappa shape index (κ3) is 8.26. The summed E-state index contributed by atoms with van der Waals surface area (Å²) in [6.07, 6.45) is 4.12. The van der Waals surface area contributed by atoms with Crippen LogP contribution in [-0.4, -0.2) is 60.6 Å². The normalized spacial score (nSPS) is 24.4. The molecule has 0 amide bonds. The van der Waals surface area contributed by atoms with Crippen molar-refractivity contribution in [3.05, 3.63) is 0 Å². The Morgan fingerprint density at radius 1 is 0.962 bits per heavy atom. The summed E-state index contributed by atoms with van der Waals surface area (Å²) in [6, 6.07) is 0. The number of aliphatic imine (C=N–C) groups is 4. The molecule has 0 bridgehead atoms. The van der Waals surface area contributed by atoms with E-state index in [0.717, 1.165) is 17.8 Å². The number of hydrogen-bond donors (Lipinski definition) is 0. The molecule has 26 heavy (non-hydrogen) atoms. The molecule has 1 aliphatic heterocycles. The van der Waals surface area contributed by atoms with E-state index in [9.17, 15) is 9.59 Å². The van der Waals surface area contributed by atoms with Gasteiger partial charge in [-0.25, -0.2) is 0 Å². The van der Waals surface area contributed by atoms with E-state index in [4.69, 9.17) is 0 Å². The van der Waals surface area contributed by atoms with Crippen LogP contribution in [0.15, 0.2) is 20.0 Å². The number of rotatable bonds is 2. The molecule has 0 spiro atoms. The van der Waals surface area contributed by atoms with Crippen molar-refractivity contribution in [3.63, 3.8) is 0 Å². The average Bonchev–Trinajstić information content (AvgIpc) is 2.49. The Bertz CT molecular complexity index is 621. The number of nitrogens with zero attached hydrogens (tertiary/aromatic N) is 4. The number of Topliss-reactive ketones (excluding diaryl/α,β-unsaturated/α-hetero) is 2.